The first kappa shape index (κ1) is 14.6. The summed E-state index contributed by atoms with van der Waals surface area (Å²) in [5.74, 6) is 0.779. The summed E-state index contributed by atoms with van der Waals surface area (Å²) in [5.41, 5.74) is 1.26. The molecule has 1 aromatic rings. The minimum Gasteiger partial charge on any atom is -0.492 e. The first-order valence-corrected chi connectivity index (χ1v) is 7.41. The van der Waals surface area contributed by atoms with Crippen molar-refractivity contribution in [2.24, 2.45) is 0 Å². The van der Waals surface area contributed by atoms with Crippen LogP contribution < -0.4 is 10.1 Å². The maximum Gasteiger partial charge on any atom is 0.137 e. The summed E-state index contributed by atoms with van der Waals surface area (Å²) in [4.78, 5) is 2.49. The second kappa shape index (κ2) is 7.13. The highest BCUT2D eigenvalue weighted by Gasteiger charge is 2.17. The van der Waals surface area contributed by atoms with E-state index in [1.165, 1.54) is 18.4 Å². The zero-order chi connectivity index (χ0) is 13.7. The van der Waals surface area contributed by atoms with Crippen LogP contribution in [0.25, 0.3) is 0 Å². The maximum absolute atomic E-state index is 6.22. The Morgan fingerprint density at radius 1 is 1.37 bits per heavy atom. The molecule has 2 rings (SSSR count). The fraction of sp³-hybridized carbons (Fsp3) is 0.600. The average Bonchev–Trinajstić information content (AvgIpc) is 2.43. The highest BCUT2D eigenvalue weighted by Crippen LogP contribution is 2.26. The molecule has 0 amide bonds. The van der Waals surface area contributed by atoms with Crippen molar-refractivity contribution in [1.29, 1.82) is 0 Å². The van der Waals surface area contributed by atoms with Crippen LogP contribution >= 0.6 is 11.6 Å². The number of likely N-dealkylation sites (tertiary alicyclic amines) is 1. The fourth-order valence-electron chi connectivity index (χ4n) is 2.55. The van der Waals surface area contributed by atoms with Gasteiger partial charge in [0.25, 0.3) is 0 Å². The molecule has 1 heterocycles. The molecule has 3 nitrogen and oxygen atoms in total. The molecule has 1 aliphatic heterocycles. The van der Waals surface area contributed by atoms with Crippen molar-refractivity contribution >= 4 is 11.6 Å². The van der Waals surface area contributed by atoms with Gasteiger partial charge in [-0.1, -0.05) is 17.7 Å². The van der Waals surface area contributed by atoms with Gasteiger partial charge in [-0.15, -0.1) is 0 Å². The quantitative estimate of drug-likeness (QED) is 0.899. The number of hydrogen-bond donors (Lipinski definition) is 1. The minimum absolute atomic E-state index is 0.649. The van der Waals surface area contributed by atoms with Gasteiger partial charge in [0.1, 0.15) is 5.75 Å². The molecule has 0 saturated carbocycles. The van der Waals surface area contributed by atoms with Crippen LogP contribution in [0, 0.1) is 0 Å². The van der Waals surface area contributed by atoms with E-state index in [-0.39, 0.29) is 0 Å². The number of piperidine rings is 1. The lowest BCUT2D eigenvalue weighted by Gasteiger charge is -2.31. The van der Waals surface area contributed by atoms with Gasteiger partial charge in [0, 0.05) is 12.6 Å². The first-order chi connectivity index (χ1) is 9.22. The Bertz CT molecular complexity index is 403. The van der Waals surface area contributed by atoms with E-state index in [9.17, 15) is 0 Å². The normalized spacial score (nSPS) is 17.6. The minimum atomic E-state index is 0.649. The van der Waals surface area contributed by atoms with Gasteiger partial charge in [0.05, 0.1) is 11.6 Å². The second-order valence-corrected chi connectivity index (χ2v) is 5.44. The number of ether oxygens (including phenoxy) is 1. The van der Waals surface area contributed by atoms with Gasteiger partial charge in [-0.25, -0.2) is 0 Å². The lowest BCUT2D eigenvalue weighted by atomic mass is 10.0. The van der Waals surface area contributed by atoms with Crippen molar-refractivity contribution in [3.8, 4) is 5.75 Å². The zero-order valence-corrected chi connectivity index (χ0v) is 12.5. The Kier molecular flexibility index (Phi) is 5.49. The van der Waals surface area contributed by atoms with Crippen molar-refractivity contribution < 1.29 is 4.74 Å². The summed E-state index contributed by atoms with van der Waals surface area (Å²) in [5, 5.41) is 4.07. The predicted molar refractivity (Wildman–Crippen MR) is 80.0 cm³/mol. The van der Waals surface area contributed by atoms with Crippen LogP contribution in [0.15, 0.2) is 18.2 Å². The molecule has 1 N–H and O–H groups in total. The molecule has 1 fully saturated rings. The number of nitrogens with one attached hydrogen (secondary N) is 1. The molecule has 1 saturated heterocycles. The highest BCUT2D eigenvalue weighted by molar-refractivity contribution is 6.32. The molecule has 0 bridgehead atoms. The Balaban J connectivity index is 1.91. The number of hydrogen-bond acceptors (Lipinski definition) is 3. The van der Waals surface area contributed by atoms with Gasteiger partial charge in [-0.2, -0.15) is 0 Å². The Hall–Kier alpha value is -0.770. The number of benzene rings is 1. The Labute approximate surface area is 120 Å². The van der Waals surface area contributed by atoms with Gasteiger partial charge < -0.3 is 10.1 Å². The largest absolute Gasteiger partial charge is 0.492 e. The first-order valence-electron chi connectivity index (χ1n) is 7.03. The molecule has 1 aromatic carbocycles. The molecule has 0 spiro atoms. The Morgan fingerprint density at radius 3 is 2.68 bits per heavy atom. The molecule has 0 aliphatic carbocycles. The maximum atomic E-state index is 6.22. The SMILES string of the molecule is CCOc1ccc(CN2CCC(NC)CC2)cc1Cl. The average molecular weight is 283 g/mol. The molecule has 0 radical (unpaired) electrons. The van der Waals surface area contributed by atoms with Gasteiger partial charge in [0.2, 0.25) is 0 Å². The third kappa shape index (κ3) is 4.10. The van der Waals surface area contributed by atoms with Crippen LogP contribution in [0.2, 0.25) is 5.02 Å². The molecule has 0 atom stereocenters. The Morgan fingerprint density at radius 2 is 2.11 bits per heavy atom. The molecule has 1 aliphatic rings. The summed E-state index contributed by atoms with van der Waals surface area (Å²) < 4.78 is 5.46. The number of halogens is 1. The number of rotatable bonds is 5. The van der Waals surface area contributed by atoms with Crippen molar-refractivity contribution in [2.45, 2.75) is 32.4 Å². The molecule has 4 heteroatoms. The highest BCUT2D eigenvalue weighted by atomic mass is 35.5. The van der Waals surface area contributed by atoms with E-state index in [0.29, 0.717) is 17.7 Å². The van der Waals surface area contributed by atoms with Crippen LogP contribution in [-0.2, 0) is 6.54 Å². The number of nitrogens with zero attached hydrogens (tertiary/aromatic N) is 1. The third-order valence-electron chi connectivity index (χ3n) is 3.70. The van der Waals surface area contributed by atoms with E-state index in [1.807, 2.05) is 26.1 Å². The van der Waals surface area contributed by atoms with Crippen LogP contribution in [0.3, 0.4) is 0 Å². The lowest BCUT2D eigenvalue weighted by molar-refractivity contribution is 0.194. The second-order valence-electron chi connectivity index (χ2n) is 5.04. The monoisotopic (exact) mass is 282 g/mol. The van der Waals surface area contributed by atoms with Gasteiger partial charge in [0.15, 0.2) is 0 Å². The van der Waals surface area contributed by atoms with Crippen LogP contribution in [0.5, 0.6) is 5.75 Å². The summed E-state index contributed by atoms with van der Waals surface area (Å²) in [7, 11) is 2.05. The lowest BCUT2D eigenvalue weighted by Crippen LogP contribution is -2.40. The summed E-state index contributed by atoms with van der Waals surface area (Å²) in [6.45, 7) is 5.89. The smallest absolute Gasteiger partial charge is 0.137 e. The van der Waals surface area contributed by atoms with Gasteiger partial charge in [-0.3, -0.25) is 4.90 Å². The van der Waals surface area contributed by atoms with E-state index in [4.69, 9.17) is 16.3 Å². The fourth-order valence-corrected chi connectivity index (χ4v) is 2.81. The van der Waals surface area contributed by atoms with Crippen molar-refractivity contribution in [3.63, 3.8) is 0 Å². The molecule has 0 unspecified atom stereocenters. The van der Waals surface area contributed by atoms with Crippen molar-refractivity contribution in [2.75, 3.05) is 26.7 Å². The molecule has 19 heavy (non-hydrogen) atoms. The van der Waals surface area contributed by atoms with E-state index >= 15 is 0 Å². The summed E-state index contributed by atoms with van der Waals surface area (Å²) in [6, 6.07) is 6.79. The van der Waals surface area contributed by atoms with Crippen LogP contribution in [0.4, 0.5) is 0 Å². The third-order valence-corrected chi connectivity index (χ3v) is 3.99. The standard InChI is InChI=1S/C15H23ClN2O/c1-3-19-15-5-4-12(10-14(15)16)11-18-8-6-13(17-2)7-9-18/h4-5,10,13,17H,3,6-9,11H2,1-2H3. The van der Waals surface area contributed by atoms with Crippen molar-refractivity contribution in [3.05, 3.63) is 28.8 Å². The van der Waals surface area contributed by atoms with E-state index < -0.39 is 0 Å². The van der Waals surface area contributed by atoms with E-state index in [2.05, 4.69) is 16.3 Å². The summed E-state index contributed by atoms with van der Waals surface area (Å²) in [6.07, 6.45) is 2.45. The van der Waals surface area contributed by atoms with E-state index in [1.54, 1.807) is 0 Å². The molecule has 106 valence electrons. The van der Waals surface area contributed by atoms with Crippen LogP contribution in [-0.4, -0.2) is 37.7 Å². The van der Waals surface area contributed by atoms with Gasteiger partial charge >= 0.3 is 0 Å². The molecular weight excluding hydrogens is 260 g/mol. The molecular formula is C15H23ClN2O. The van der Waals surface area contributed by atoms with Crippen LogP contribution in [0.1, 0.15) is 25.3 Å². The molecule has 0 aromatic heterocycles. The predicted octanol–water partition coefficient (Wildman–Crippen LogP) is 2.92. The zero-order valence-electron chi connectivity index (χ0n) is 11.8. The van der Waals surface area contributed by atoms with Crippen molar-refractivity contribution in [1.82, 2.24) is 10.2 Å². The topological polar surface area (TPSA) is 24.5 Å². The summed E-state index contributed by atoms with van der Waals surface area (Å²) >= 11 is 6.22. The van der Waals surface area contributed by atoms with E-state index in [0.717, 1.165) is 25.4 Å². The van der Waals surface area contributed by atoms with Gasteiger partial charge in [-0.05, 0) is 57.6 Å².